The third-order valence-electron chi connectivity index (χ3n) is 4.48. The van der Waals surface area contributed by atoms with Gasteiger partial charge >= 0.3 is 5.97 Å². The highest BCUT2D eigenvalue weighted by Gasteiger charge is 2.45. The van der Waals surface area contributed by atoms with Crippen LogP contribution in [-0.4, -0.2) is 29.6 Å². The van der Waals surface area contributed by atoms with E-state index < -0.39 is 11.5 Å². The van der Waals surface area contributed by atoms with Crippen LogP contribution in [0.2, 0.25) is 5.02 Å². The first-order valence-corrected chi connectivity index (χ1v) is 8.21. The van der Waals surface area contributed by atoms with Crippen molar-refractivity contribution >= 4 is 29.2 Å². The molecule has 1 N–H and O–H groups in total. The number of carbonyl (C=O) groups is 2. The second-order valence-electron chi connectivity index (χ2n) is 6.36. The molecule has 1 heterocycles. The highest BCUT2D eigenvalue weighted by molar-refractivity contribution is 6.34. The summed E-state index contributed by atoms with van der Waals surface area (Å²) in [6.07, 6.45) is 0.266. The van der Waals surface area contributed by atoms with Gasteiger partial charge in [0.25, 0.3) is 5.91 Å². The van der Waals surface area contributed by atoms with Crippen molar-refractivity contribution in [2.24, 2.45) is 0 Å². The summed E-state index contributed by atoms with van der Waals surface area (Å²) in [4.78, 5) is 26.2. The van der Waals surface area contributed by atoms with Gasteiger partial charge in [-0.15, -0.1) is 0 Å². The van der Waals surface area contributed by atoms with E-state index in [1.165, 1.54) is 0 Å². The Balaban J connectivity index is 2.11. The standard InChI is InChI=1S/C19H18ClNO4/c1-19(11-17(22)23)10-12-9-13(25-2)7-8-16(12)21(19)18(24)14-5-3-4-6-15(14)20/h3-9H,10-11H2,1-2H3,(H,22,23). The Labute approximate surface area is 150 Å². The molecule has 5 nitrogen and oxygen atoms in total. The van der Waals surface area contributed by atoms with Gasteiger partial charge in [0.05, 0.1) is 29.7 Å². The smallest absolute Gasteiger partial charge is 0.305 e. The van der Waals surface area contributed by atoms with Gasteiger partial charge in [0.15, 0.2) is 0 Å². The average Bonchev–Trinajstić information content (AvgIpc) is 2.84. The monoisotopic (exact) mass is 359 g/mol. The van der Waals surface area contributed by atoms with Crippen molar-refractivity contribution in [3.63, 3.8) is 0 Å². The number of hydrogen-bond acceptors (Lipinski definition) is 3. The number of anilines is 1. The number of fused-ring (bicyclic) bond motifs is 1. The van der Waals surface area contributed by atoms with E-state index in [4.69, 9.17) is 16.3 Å². The summed E-state index contributed by atoms with van der Waals surface area (Å²) in [6.45, 7) is 1.78. The first kappa shape index (κ1) is 17.3. The van der Waals surface area contributed by atoms with Crippen molar-refractivity contribution in [1.82, 2.24) is 0 Å². The van der Waals surface area contributed by atoms with Crippen LogP contribution in [0.3, 0.4) is 0 Å². The van der Waals surface area contributed by atoms with Crippen LogP contribution in [0.25, 0.3) is 0 Å². The summed E-state index contributed by atoms with van der Waals surface area (Å²) in [5, 5.41) is 9.69. The quantitative estimate of drug-likeness (QED) is 0.902. The molecule has 2 aromatic carbocycles. The Bertz CT molecular complexity index is 851. The first-order chi connectivity index (χ1) is 11.9. The molecule has 1 aliphatic heterocycles. The van der Waals surface area contributed by atoms with E-state index in [0.717, 1.165) is 5.56 Å². The zero-order chi connectivity index (χ0) is 18.2. The molecule has 1 aliphatic rings. The predicted molar refractivity (Wildman–Crippen MR) is 95.6 cm³/mol. The van der Waals surface area contributed by atoms with Gasteiger partial charge in [0.1, 0.15) is 5.75 Å². The van der Waals surface area contributed by atoms with Gasteiger partial charge in [0.2, 0.25) is 0 Å². The fourth-order valence-corrected chi connectivity index (χ4v) is 3.62. The zero-order valence-corrected chi connectivity index (χ0v) is 14.7. The number of carbonyl (C=O) groups excluding carboxylic acids is 1. The Kier molecular flexibility index (Phi) is 4.43. The lowest BCUT2D eigenvalue weighted by Crippen LogP contribution is -2.49. The molecule has 25 heavy (non-hydrogen) atoms. The van der Waals surface area contributed by atoms with E-state index in [-0.39, 0.29) is 12.3 Å². The fraction of sp³-hybridized carbons (Fsp3) is 0.263. The summed E-state index contributed by atoms with van der Waals surface area (Å²) in [6, 6.07) is 12.2. The van der Waals surface area contributed by atoms with Gasteiger partial charge in [-0.1, -0.05) is 23.7 Å². The fourth-order valence-electron chi connectivity index (χ4n) is 3.41. The second kappa shape index (κ2) is 6.41. The van der Waals surface area contributed by atoms with E-state index in [9.17, 15) is 14.7 Å². The molecule has 130 valence electrons. The molecule has 0 aliphatic carbocycles. The molecular weight excluding hydrogens is 342 g/mol. The van der Waals surface area contributed by atoms with Crippen LogP contribution in [-0.2, 0) is 11.2 Å². The SMILES string of the molecule is COc1ccc2c(c1)CC(C)(CC(=O)O)N2C(=O)c1ccccc1Cl. The molecule has 0 saturated heterocycles. The molecule has 2 aromatic rings. The minimum absolute atomic E-state index is 0.166. The minimum Gasteiger partial charge on any atom is -0.497 e. The van der Waals surface area contributed by atoms with E-state index >= 15 is 0 Å². The van der Waals surface area contributed by atoms with Gasteiger partial charge in [-0.2, -0.15) is 0 Å². The van der Waals surface area contributed by atoms with Crippen LogP contribution in [0, 0.1) is 0 Å². The number of aliphatic carboxylic acids is 1. The Morgan fingerprint density at radius 3 is 2.64 bits per heavy atom. The van der Waals surface area contributed by atoms with Gasteiger partial charge < -0.3 is 14.7 Å². The van der Waals surface area contributed by atoms with Crippen molar-refractivity contribution in [2.45, 2.75) is 25.3 Å². The molecule has 0 fully saturated rings. The van der Waals surface area contributed by atoms with Crippen molar-refractivity contribution in [3.05, 3.63) is 58.6 Å². The van der Waals surface area contributed by atoms with Crippen LogP contribution >= 0.6 is 11.6 Å². The Hall–Kier alpha value is -2.53. The van der Waals surface area contributed by atoms with Crippen molar-refractivity contribution < 1.29 is 19.4 Å². The number of halogens is 1. The number of benzene rings is 2. The summed E-state index contributed by atoms with van der Waals surface area (Å²) in [5.74, 6) is -0.596. The molecule has 1 amide bonds. The van der Waals surface area contributed by atoms with Gasteiger partial charge in [-0.25, -0.2) is 0 Å². The van der Waals surface area contributed by atoms with Crippen LogP contribution in [0.5, 0.6) is 5.75 Å². The van der Waals surface area contributed by atoms with Crippen LogP contribution < -0.4 is 9.64 Å². The number of carboxylic acid groups (broad SMARTS) is 1. The summed E-state index contributed by atoms with van der Waals surface area (Å²) in [7, 11) is 1.57. The van der Waals surface area contributed by atoms with E-state index in [1.54, 1.807) is 55.3 Å². The summed E-state index contributed by atoms with van der Waals surface area (Å²) < 4.78 is 5.25. The molecule has 1 unspecified atom stereocenters. The number of ether oxygens (including phenoxy) is 1. The van der Waals surface area contributed by atoms with Crippen LogP contribution in [0.15, 0.2) is 42.5 Å². The van der Waals surface area contributed by atoms with E-state index in [0.29, 0.717) is 28.4 Å². The highest BCUT2D eigenvalue weighted by Crippen LogP contribution is 2.43. The zero-order valence-electron chi connectivity index (χ0n) is 14.0. The molecule has 1 atom stereocenters. The largest absolute Gasteiger partial charge is 0.497 e. The van der Waals surface area contributed by atoms with E-state index in [1.807, 2.05) is 6.07 Å². The third-order valence-corrected chi connectivity index (χ3v) is 4.81. The second-order valence-corrected chi connectivity index (χ2v) is 6.77. The van der Waals surface area contributed by atoms with Crippen LogP contribution in [0.1, 0.15) is 29.3 Å². The van der Waals surface area contributed by atoms with Crippen LogP contribution in [0.4, 0.5) is 5.69 Å². The molecule has 0 spiro atoms. The molecule has 3 rings (SSSR count). The van der Waals surface area contributed by atoms with Crippen molar-refractivity contribution in [1.29, 1.82) is 0 Å². The van der Waals surface area contributed by atoms with Crippen molar-refractivity contribution in [2.75, 3.05) is 12.0 Å². The van der Waals surface area contributed by atoms with Gasteiger partial charge in [-0.3, -0.25) is 9.59 Å². The normalized spacial score (nSPS) is 18.8. The maximum atomic E-state index is 13.2. The molecule has 0 aromatic heterocycles. The number of carboxylic acids is 1. The average molecular weight is 360 g/mol. The Morgan fingerprint density at radius 1 is 1.28 bits per heavy atom. The summed E-state index contributed by atoms with van der Waals surface area (Å²) in [5.41, 5.74) is 1.04. The van der Waals surface area contributed by atoms with E-state index in [2.05, 4.69) is 0 Å². The molecule has 6 heteroatoms. The van der Waals surface area contributed by atoms with Gasteiger partial charge in [-0.05, 0) is 49.2 Å². The van der Waals surface area contributed by atoms with Gasteiger partial charge in [0, 0.05) is 5.69 Å². The molecule has 0 saturated carbocycles. The number of rotatable bonds is 4. The maximum absolute atomic E-state index is 13.2. The lowest BCUT2D eigenvalue weighted by Gasteiger charge is -2.34. The molecular formula is C19H18ClNO4. The van der Waals surface area contributed by atoms with Crippen molar-refractivity contribution in [3.8, 4) is 5.75 Å². The highest BCUT2D eigenvalue weighted by atomic mass is 35.5. The minimum atomic E-state index is -0.959. The topological polar surface area (TPSA) is 66.8 Å². The predicted octanol–water partition coefficient (Wildman–Crippen LogP) is 3.78. The molecule has 0 bridgehead atoms. The lowest BCUT2D eigenvalue weighted by atomic mass is 9.92. The summed E-state index contributed by atoms with van der Waals surface area (Å²) >= 11 is 6.19. The number of amides is 1. The maximum Gasteiger partial charge on any atom is 0.305 e. The third kappa shape index (κ3) is 3.07. The lowest BCUT2D eigenvalue weighted by molar-refractivity contribution is -0.138. The first-order valence-electron chi connectivity index (χ1n) is 7.83. The number of nitrogens with zero attached hydrogens (tertiary/aromatic N) is 1. The molecule has 0 radical (unpaired) electrons. The number of hydrogen-bond donors (Lipinski definition) is 1. The Morgan fingerprint density at radius 2 is 2.00 bits per heavy atom. The number of methoxy groups -OCH3 is 1.